The Kier molecular flexibility index (Phi) is 5.03. The molecule has 0 amide bonds. The van der Waals surface area contributed by atoms with Crippen molar-refractivity contribution in [3.8, 4) is 6.07 Å². The fourth-order valence-electron chi connectivity index (χ4n) is 1.76. The Morgan fingerprint density at radius 1 is 1.25 bits per heavy atom. The van der Waals surface area contributed by atoms with Crippen LogP contribution in [-0.4, -0.2) is 19.7 Å². The van der Waals surface area contributed by atoms with E-state index in [1.807, 2.05) is 6.07 Å². The van der Waals surface area contributed by atoms with Gasteiger partial charge in [0.1, 0.15) is 5.54 Å². The summed E-state index contributed by atoms with van der Waals surface area (Å²) in [7, 11) is -3.78. The highest BCUT2D eigenvalue weighted by atomic mass is 32.2. The number of nitriles is 1. The number of sulfonamides is 1. The molecule has 0 aliphatic carbocycles. The van der Waals surface area contributed by atoms with E-state index in [0.29, 0.717) is 18.4 Å². The zero-order valence-corrected chi connectivity index (χ0v) is 12.6. The molecule has 0 heterocycles. The number of ketones is 1. The minimum absolute atomic E-state index is 0.0454. The highest BCUT2D eigenvalue weighted by molar-refractivity contribution is 7.89. The fraction of sp³-hybridized carbons (Fsp3) is 0.429. The molecule has 0 aliphatic rings. The van der Waals surface area contributed by atoms with Crippen LogP contribution < -0.4 is 4.72 Å². The first kappa shape index (κ1) is 16.3. The van der Waals surface area contributed by atoms with Crippen LogP contribution in [0.25, 0.3) is 0 Å². The van der Waals surface area contributed by atoms with Crippen molar-refractivity contribution in [2.75, 3.05) is 0 Å². The molecule has 0 unspecified atom stereocenters. The molecule has 0 saturated carbocycles. The maximum Gasteiger partial charge on any atom is 0.241 e. The van der Waals surface area contributed by atoms with Gasteiger partial charge in [0, 0.05) is 5.56 Å². The van der Waals surface area contributed by atoms with Crippen molar-refractivity contribution in [3.63, 3.8) is 0 Å². The van der Waals surface area contributed by atoms with E-state index in [4.69, 9.17) is 0 Å². The summed E-state index contributed by atoms with van der Waals surface area (Å²) in [5.41, 5.74) is -0.653. The number of nitrogens with zero attached hydrogens (tertiary/aromatic N) is 1. The smallest absolute Gasteiger partial charge is 0.241 e. The van der Waals surface area contributed by atoms with Gasteiger partial charge in [0.25, 0.3) is 0 Å². The van der Waals surface area contributed by atoms with Crippen LogP contribution >= 0.6 is 0 Å². The molecule has 1 aromatic rings. The third kappa shape index (κ3) is 3.44. The van der Waals surface area contributed by atoms with Crippen molar-refractivity contribution < 1.29 is 13.2 Å². The molecule has 6 heteroatoms. The fourth-order valence-corrected chi connectivity index (χ4v) is 3.22. The predicted octanol–water partition coefficient (Wildman–Crippen LogP) is 2.25. The second-order valence-electron chi connectivity index (χ2n) is 4.59. The zero-order chi connectivity index (χ0) is 15.4. The molecule has 1 N–H and O–H groups in total. The molecule has 0 spiro atoms. The minimum Gasteiger partial charge on any atom is -0.295 e. The number of hydrogen-bond acceptors (Lipinski definition) is 4. The van der Waals surface area contributed by atoms with E-state index in [1.54, 1.807) is 13.8 Å². The molecule has 0 saturated heterocycles. The van der Waals surface area contributed by atoms with Gasteiger partial charge in [-0.05, 0) is 31.9 Å². The van der Waals surface area contributed by atoms with E-state index >= 15 is 0 Å². The molecular weight excluding hydrogens is 276 g/mol. The van der Waals surface area contributed by atoms with Gasteiger partial charge >= 0.3 is 0 Å². The molecule has 1 rings (SSSR count). The van der Waals surface area contributed by atoms with Crippen molar-refractivity contribution in [1.82, 2.24) is 4.72 Å². The van der Waals surface area contributed by atoms with Gasteiger partial charge in [0.05, 0.1) is 11.0 Å². The summed E-state index contributed by atoms with van der Waals surface area (Å²) < 4.78 is 27.0. The lowest BCUT2D eigenvalue weighted by Crippen LogP contribution is -2.46. The number of carbonyl (C=O) groups is 1. The highest BCUT2D eigenvalue weighted by Gasteiger charge is 2.32. The van der Waals surface area contributed by atoms with Crippen molar-refractivity contribution >= 4 is 15.8 Å². The minimum atomic E-state index is -3.78. The second-order valence-corrected chi connectivity index (χ2v) is 6.27. The van der Waals surface area contributed by atoms with E-state index < -0.39 is 15.6 Å². The lowest BCUT2D eigenvalue weighted by molar-refractivity contribution is 0.101. The molecule has 5 nitrogen and oxygen atoms in total. The molecule has 0 aliphatic heterocycles. The summed E-state index contributed by atoms with van der Waals surface area (Å²) in [6, 6.07) is 7.68. The summed E-state index contributed by atoms with van der Waals surface area (Å²) in [4.78, 5) is 11.2. The largest absolute Gasteiger partial charge is 0.295 e. The van der Waals surface area contributed by atoms with Gasteiger partial charge in [-0.25, -0.2) is 8.42 Å². The van der Waals surface area contributed by atoms with Gasteiger partial charge in [0.15, 0.2) is 5.78 Å². The quantitative estimate of drug-likeness (QED) is 0.815. The number of hydrogen-bond donors (Lipinski definition) is 1. The van der Waals surface area contributed by atoms with Gasteiger partial charge < -0.3 is 0 Å². The van der Waals surface area contributed by atoms with Crippen molar-refractivity contribution in [1.29, 1.82) is 5.26 Å². The van der Waals surface area contributed by atoms with Gasteiger partial charge in [-0.1, -0.05) is 26.0 Å². The molecular formula is C14H18N2O3S. The molecule has 108 valence electrons. The standard InChI is InChI=1S/C14H18N2O3S/c1-4-14(5-2,10-15)16-20(18,19)13-8-6-12(7-9-13)11(3)17/h6-9,16H,4-5H2,1-3H3. The molecule has 1 aromatic carbocycles. The SMILES string of the molecule is CCC(C#N)(CC)NS(=O)(=O)c1ccc(C(C)=O)cc1. The van der Waals surface area contributed by atoms with E-state index in [9.17, 15) is 18.5 Å². The molecule has 20 heavy (non-hydrogen) atoms. The maximum absolute atomic E-state index is 12.3. The van der Waals surface area contributed by atoms with Gasteiger partial charge in [-0.15, -0.1) is 0 Å². The van der Waals surface area contributed by atoms with E-state index in [0.717, 1.165) is 0 Å². The number of benzene rings is 1. The third-order valence-electron chi connectivity index (χ3n) is 3.32. The summed E-state index contributed by atoms with van der Waals surface area (Å²) in [5.74, 6) is -0.129. The van der Waals surface area contributed by atoms with Crippen LogP contribution in [0.5, 0.6) is 0 Å². The van der Waals surface area contributed by atoms with E-state index in [2.05, 4.69) is 4.72 Å². The molecule has 0 fully saturated rings. The van der Waals surface area contributed by atoms with Crippen molar-refractivity contribution in [3.05, 3.63) is 29.8 Å². The Bertz CT molecular complexity index is 623. The zero-order valence-electron chi connectivity index (χ0n) is 11.8. The Hall–Kier alpha value is -1.71. The highest BCUT2D eigenvalue weighted by Crippen LogP contribution is 2.19. The maximum atomic E-state index is 12.3. The van der Waals surface area contributed by atoms with E-state index in [1.165, 1.54) is 31.2 Å². The van der Waals surface area contributed by atoms with Crippen LogP contribution in [0.2, 0.25) is 0 Å². The first-order valence-corrected chi connectivity index (χ1v) is 7.85. The van der Waals surface area contributed by atoms with Crippen LogP contribution in [0, 0.1) is 11.3 Å². The Labute approximate surface area is 119 Å². The molecule has 0 bridgehead atoms. The summed E-state index contributed by atoms with van der Waals surface area (Å²) in [6.45, 7) is 4.93. The lowest BCUT2D eigenvalue weighted by Gasteiger charge is -2.24. The Morgan fingerprint density at radius 2 is 1.75 bits per heavy atom. The normalized spacial score (nSPS) is 11.9. The van der Waals surface area contributed by atoms with Gasteiger partial charge in [0.2, 0.25) is 10.0 Å². The Morgan fingerprint density at radius 3 is 2.10 bits per heavy atom. The van der Waals surface area contributed by atoms with Crippen LogP contribution in [0.4, 0.5) is 0 Å². The third-order valence-corrected chi connectivity index (χ3v) is 4.87. The predicted molar refractivity (Wildman–Crippen MR) is 75.7 cm³/mol. The average molecular weight is 294 g/mol. The van der Waals surface area contributed by atoms with Crippen LogP contribution in [0.3, 0.4) is 0 Å². The monoisotopic (exact) mass is 294 g/mol. The second kappa shape index (κ2) is 6.16. The van der Waals surface area contributed by atoms with Crippen LogP contribution in [-0.2, 0) is 10.0 Å². The van der Waals surface area contributed by atoms with Crippen LogP contribution in [0.1, 0.15) is 44.0 Å². The van der Waals surface area contributed by atoms with E-state index in [-0.39, 0.29) is 10.7 Å². The lowest BCUT2D eigenvalue weighted by atomic mass is 9.97. The summed E-state index contributed by atoms with van der Waals surface area (Å²) in [6.07, 6.45) is 0.759. The number of carbonyl (C=O) groups excluding carboxylic acids is 1. The Balaban J connectivity index is 3.11. The molecule has 0 aromatic heterocycles. The van der Waals surface area contributed by atoms with Gasteiger partial charge in [-0.3, -0.25) is 4.79 Å². The summed E-state index contributed by atoms with van der Waals surface area (Å²) >= 11 is 0. The molecule has 0 atom stereocenters. The van der Waals surface area contributed by atoms with Crippen LogP contribution in [0.15, 0.2) is 29.2 Å². The number of Topliss-reactive ketones (excluding diaryl/α,β-unsaturated/α-hetero) is 1. The first-order chi connectivity index (χ1) is 9.30. The average Bonchev–Trinajstić information content (AvgIpc) is 2.45. The number of rotatable bonds is 6. The van der Waals surface area contributed by atoms with Gasteiger partial charge in [-0.2, -0.15) is 9.98 Å². The molecule has 0 radical (unpaired) electrons. The first-order valence-electron chi connectivity index (χ1n) is 6.36. The number of nitrogens with one attached hydrogen (secondary N) is 1. The van der Waals surface area contributed by atoms with Crippen molar-refractivity contribution in [2.45, 2.75) is 44.0 Å². The topological polar surface area (TPSA) is 87.0 Å². The van der Waals surface area contributed by atoms with Crippen molar-refractivity contribution in [2.24, 2.45) is 0 Å². The summed E-state index contributed by atoms with van der Waals surface area (Å²) in [5, 5.41) is 9.18.